The van der Waals surface area contributed by atoms with Gasteiger partial charge in [0.2, 0.25) is 5.89 Å². The summed E-state index contributed by atoms with van der Waals surface area (Å²) in [5, 5.41) is 10.2. The van der Waals surface area contributed by atoms with Crippen LogP contribution in [0.5, 0.6) is 0 Å². The minimum Gasteiger partial charge on any atom is -0.408 e. The second-order valence-electron chi connectivity index (χ2n) is 3.76. The second kappa shape index (κ2) is 5.63. The number of aromatic nitrogens is 3. The number of aryl methyl sites for hydroxylation is 1. The largest absolute Gasteiger partial charge is 0.408 e. The van der Waals surface area contributed by atoms with E-state index in [1.807, 2.05) is 6.92 Å². The highest BCUT2D eigenvalue weighted by molar-refractivity contribution is 7.92. The molecule has 20 heavy (non-hydrogen) atoms. The van der Waals surface area contributed by atoms with Crippen molar-refractivity contribution in [3.8, 4) is 0 Å². The van der Waals surface area contributed by atoms with Gasteiger partial charge in [0, 0.05) is 19.7 Å². The van der Waals surface area contributed by atoms with Crippen LogP contribution in [0.2, 0.25) is 5.02 Å². The molecule has 0 fully saturated rings. The van der Waals surface area contributed by atoms with E-state index in [0.29, 0.717) is 12.4 Å². The molecule has 2 N–H and O–H groups in total. The maximum Gasteiger partial charge on any atom is 0.329 e. The Morgan fingerprint density at radius 2 is 2.15 bits per heavy atom. The van der Waals surface area contributed by atoms with E-state index in [1.54, 1.807) is 6.92 Å². The Morgan fingerprint density at radius 3 is 2.70 bits per heavy atom. The summed E-state index contributed by atoms with van der Waals surface area (Å²) in [6.07, 6.45) is 1.19. The van der Waals surface area contributed by atoms with Crippen molar-refractivity contribution in [2.24, 2.45) is 0 Å². The number of sulfonamides is 1. The van der Waals surface area contributed by atoms with Crippen molar-refractivity contribution in [1.29, 1.82) is 0 Å². The molecule has 108 valence electrons. The molecule has 2 heterocycles. The van der Waals surface area contributed by atoms with Crippen LogP contribution in [0.1, 0.15) is 12.8 Å². The van der Waals surface area contributed by atoms with Gasteiger partial charge in [-0.25, -0.2) is 18.1 Å². The van der Waals surface area contributed by atoms with Crippen LogP contribution >= 0.6 is 11.6 Å². The maximum absolute atomic E-state index is 12.1. The molecule has 0 aliphatic carbocycles. The van der Waals surface area contributed by atoms with Crippen LogP contribution in [-0.2, 0) is 10.0 Å². The molecule has 8 nitrogen and oxygen atoms in total. The van der Waals surface area contributed by atoms with E-state index >= 15 is 0 Å². The highest BCUT2D eigenvalue weighted by atomic mass is 35.5. The van der Waals surface area contributed by atoms with Crippen molar-refractivity contribution in [2.75, 3.05) is 16.6 Å². The molecule has 0 amide bonds. The summed E-state index contributed by atoms with van der Waals surface area (Å²) in [5.74, 6) is 0.670. The molecular formula is C10H12ClN5O3S. The molecular weight excluding hydrogens is 306 g/mol. The number of hydrogen-bond donors (Lipinski definition) is 2. The smallest absolute Gasteiger partial charge is 0.329 e. The molecule has 0 aliphatic rings. The van der Waals surface area contributed by atoms with Crippen molar-refractivity contribution in [3.63, 3.8) is 0 Å². The monoisotopic (exact) mass is 317 g/mol. The number of pyridine rings is 1. The van der Waals surface area contributed by atoms with Gasteiger partial charge in [-0.3, -0.25) is 0 Å². The lowest BCUT2D eigenvalue weighted by Gasteiger charge is -2.07. The van der Waals surface area contributed by atoms with E-state index in [2.05, 4.69) is 25.2 Å². The zero-order valence-corrected chi connectivity index (χ0v) is 12.3. The van der Waals surface area contributed by atoms with Gasteiger partial charge in [-0.15, -0.1) is 5.10 Å². The second-order valence-corrected chi connectivity index (χ2v) is 5.85. The van der Waals surface area contributed by atoms with Gasteiger partial charge >= 0.3 is 6.01 Å². The number of halogens is 1. The summed E-state index contributed by atoms with van der Waals surface area (Å²) in [7, 11) is -3.88. The van der Waals surface area contributed by atoms with Gasteiger partial charge in [0.25, 0.3) is 10.0 Å². The molecule has 2 aromatic heterocycles. The lowest BCUT2D eigenvalue weighted by Crippen LogP contribution is -2.14. The Bertz CT molecular complexity index is 715. The van der Waals surface area contributed by atoms with Crippen molar-refractivity contribution in [3.05, 3.63) is 23.2 Å². The van der Waals surface area contributed by atoms with Gasteiger partial charge < -0.3 is 9.73 Å². The summed E-state index contributed by atoms with van der Waals surface area (Å²) >= 11 is 5.95. The molecule has 0 spiro atoms. The fourth-order valence-corrected chi connectivity index (χ4v) is 2.57. The first-order valence-electron chi connectivity index (χ1n) is 5.64. The normalized spacial score (nSPS) is 11.3. The fraction of sp³-hybridized carbons (Fsp3) is 0.300. The third-order valence-corrected chi connectivity index (χ3v) is 3.79. The van der Waals surface area contributed by atoms with Crippen molar-refractivity contribution < 1.29 is 12.8 Å². The van der Waals surface area contributed by atoms with Crippen LogP contribution in [0.15, 0.2) is 21.6 Å². The first-order valence-corrected chi connectivity index (χ1v) is 7.51. The summed E-state index contributed by atoms with van der Waals surface area (Å²) in [5.41, 5.74) is 0. The molecule has 0 unspecified atom stereocenters. The third kappa shape index (κ3) is 3.17. The van der Waals surface area contributed by atoms with E-state index in [0.717, 1.165) is 0 Å². The van der Waals surface area contributed by atoms with Crippen LogP contribution in [0.25, 0.3) is 0 Å². The average Bonchev–Trinajstić information content (AvgIpc) is 2.76. The summed E-state index contributed by atoms with van der Waals surface area (Å²) in [4.78, 5) is 3.85. The topological polar surface area (TPSA) is 110 Å². The van der Waals surface area contributed by atoms with Gasteiger partial charge in [0.1, 0.15) is 10.7 Å². The van der Waals surface area contributed by atoms with Gasteiger partial charge in [-0.2, -0.15) is 0 Å². The lowest BCUT2D eigenvalue weighted by atomic mass is 10.4. The minimum absolute atomic E-state index is 0.0972. The number of nitrogens with one attached hydrogen (secondary N) is 2. The van der Waals surface area contributed by atoms with Crippen molar-refractivity contribution in [1.82, 2.24) is 15.2 Å². The molecule has 0 saturated heterocycles. The van der Waals surface area contributed by atoms with Gasteiger partial charge in [0.05, 0.1) is 5.02 Å². The van der Waals surface area contributed by atoms with E-state index in [4.69, 9.17) is 16.0 Å². The molecule has 2 rings (SSSR count). The quantitative estimate of drug-likeness (QED) is 0.862. The molecule has 2 aromatic rings. The van der Waals surface area contributed by atoms with Gasteiger partial charge in [-0.05, 0) is 13.0 Å². The predicted octanol–water partition coefficient (Wildman–Crippen LogP) is 1.66. The van der Waals surface area contributed by atoms with E-state index in [-0.39, 0.29) is 21.8 Å². The molecule has 10 heteroatoms. The summed E-state index contributed by atoms with van der Waals surface area (Å²) in [6, 6.07) is 1.08. The average molecular weight is 318 g/mol. The lowest BCUT2D eigenvalue weighted by molar-refractivity contribution is 0.534. The molecule has 0 bridgehead atoms. The van der Waals surface area contributed by atoms with E-state index in [9.17, 15) is 8.42 Å². The van der Waals surface area contributed by atoms with Crippen molar-refractivity contribution in [2.45, 2.75) is 18.7 Å². The van der Waals surface area contributed by atoms with Crippen LogP contribution in [0.3, 0.4) is 0 Å². The van der Waals surface area contributed by atoms with Crippen LogP contribution in [-0.4, -0.2) is 30.1 Å². The highest BCUT2D eigenvalue weighted by Crippen LogP contribution is 2.23. The maximum atomic E-state index is 12.1. The molecule has 0 saturated carbocycles. The first-order chi connectivity index (χ1) is 9.42. The standard InChI is InChI=1S/C10H12ClN5O3S/c1-3-12-9-8(11)4-7(5-13-9)20(17,18)16-10-15-14-6(2)19-10/h4-5H,3H2,1-2H3,(H,12,13)(H,15,16). The predicted molar refractivity (Wildman–Crippen MR) is 73.3 cm³/mol. The number of rotatable bonds is 5. The summed E-state index contributed by atoms with van der Waals surface area (Å²) < 4.78 is 31.3. The first kappa shape index (κ1) is 14.5. The molecule has 0 radical (unpaired) electrons. The molecule has 0 aliphatic heterocycles. The minimum atomic E-state index is -3.88. The Morgan fingerprint density at radius 1 is 1.40 bits per heavy atom. The molecule has 0 aromatic carbocycles. The fourth-order valence-electron chi connectivity index (χ4n) is 1.38. The van der Waals surface area contributed by atoms with E-state index < -0.39 is 10.0 Å². The van der Waals surface area contributed by atoms with E-state index in [1.165, 1.54) is 12.3 Å². The zero-order valence-electron chi connectivity index (χ0n) is 10.7. The van der Waals surface area contributed by atoms with Gasteiger partial charge in [-0.1, -0.05) is 16.7 Å². The Labute approximate surface area is 120 Å². The van der Waals surface area contributed by atoms with Crippen LogP contribution in [0, 0.1) is 6.92 Å². The number of nitrogens with zero attached hydrogens (tertiary/aromatic N) is 3. The highest BCUT2D eigenvalue weighted by Gasteiger charge is 2.19. The Kier molecular flexibility index (Phi) is 4.09. The van der Waals surface area contributed by atoms with Crippen LogP contribution in [0.4, 0.5) is 11.8 Å². The Hall–Kier alpha value is -1.87. The van der Waals surface area contributed by atoms with Gasteiger partial charge in [0.15, 0.2) is 0 Å². The zero-order chi connectivity index (χ0) is 14.8. The molecule has 0 atom stereocenters. The Balaban J connectivity index is 2.27. The van der Waals surface area contributed by atoms with Crippen LogP contribution < -0.4 is 10.0 Å². The number of anilines is 2. The summed E-state index contributed by atoms with van der Waals surface area (Å²) in [6.45, 7) is 4.05. The van der Waals surface area contributed by atoms with Crippen molar-refractivity contribution >= 4 is 33.5 Å². The number of hydrogen-bond acceptors (Lipinski definition) is 7. The third-order valence-electron chi connectivity index (χ3n) is 2.22. The SMILES string of the molecule is CCNc1ncc(S(=O)(=O)Nc2nnc(C)o2)cc1Cl.